The Bertz CT molecular complexity index is 849. The fourth-order valence-corrected chi connectivity index (χ4v) is 3.50. The lowest BCUT2D eigenvalue weighted by atomic mass is 10.1. The van der Waals surface area contributed by atoms with Crippen LogP contribution in [0.2, 0.25) is 10.0 Å². The molecule has 0 bridgehead atoms. The second-order valence-corrected chi connectivity index (χ2v) is 7.13. The first-order valence-corrected chi connectivity index (χ1v) is 8.90. The monoisotopic (exact) mass is 376 g/mol. The van der Waals surface area contributed by atoms with Crippen molar-refractivity contribution in [1.29, 1.82) is 0 Å². The summed E-state index contributed by atoms with van der Waals surface area (Å²) in [5, 5.41) is 4.51. The van der Waals surface area contributed by atoms with Crippen LogP contribution in [0.25, 0.3) is 0 Å². The molecule has 6 heteroatoms. The number of carbonyl (C=O) groups is 1. The van der Waals surface area contributed by atoms with Gasteiger partial charge in [-0.1, -0.05) is 65.7 Å². The number of thiazole rings is 1. The van der Waals surface area contributed by atoms with E-state index in [4.69, 9.17) is 23.2 Å². The number of aromatic nitrogens is 1. The molecule has 1 heterocycles. The minimum atomic E-state index is -0.0807. The molecule has 1 aromatic heterocycles. The highest BCUT2D eigenvalue weighted by Gasteiger charge is 2.10. The number of anilines is 1. The lowest BCUT2D eigenvalue weighted by Gasteiger charge is -2.03. The highest BCUT2D eigenvalue weighted by atomic mass is 35.5. The summed E-state index contributed by atoms with van der Waals surface area (Å²) in [6.07, 6.45) is 2.71. The molecule has 0 radical (unpaired) electrons. The third-order valence-electron chi connectivity index (χ3n) is 3.40. The molecule has 0 atom stereocenters. The van der Waals surface area contributed by atoms with Crippen LogP contribution >= 0.6 is 34.5 Å². The summed E-state index contributed by atoms with van der Waals surface area (Å²) in [5.74, 6) is -0.0807. The number of hydrogen-bond donors (Lipinski definition) is 1. The Labute approximate surface area is 154 Å². The molecule has 0 aliphatic carbocycles. The Hall–Kier alpha value is -1.88. The average Bonchev–Trinajstić information content (AvgIpc) is 2.99. The van der Waals surface area contributed by atoms with Gasteiger partial charge in [0.15, 0.2) is 5.13 Å². The minimum absolute atomic E-state index is 0.0807. The summed E-state index contributed by atoms with van der Waals surface area (Å²) < 4.78 is 0. The maximum atomic E-state index is 12.1. The van der Waals surface area contributed by atoms with Crippen LogP contribution in [0, 0.1) is 0 Å². The largest absolute Gasteiger partial charge is 0.302 e. The maximum absolute atomic E-state index is 12.1. The molecule has 3 aromatic rings. The summed E-state index contributed by atoms with van der Waals surface area (Å²) >= 11 is 13.7. The molecule has 0 saturated carbocycles. The number of amides is 1. The standard InChI is InChI=1S/C18H14Cl2N2OS/c19-15-8-4-7-13(17(15)20)10-14-11-21-18(24-14)22-16(23)9-12-5-2-1-3-6-12/h1-8,11H,9-10H2,(H,21,22,23). The first-order valence-electron chi connectivity index (χ1n) is 7.33. The van der Waals surface area contributed by atoms with Gasteiger partial charge in [0.25, 0.3) is 0 Å². The van der Waals surface area contributed by atoms with E-state index in [0.29, 0.717) is 28.0 Å². The molecule has 0 aliphatic rings. The summed E-state index contributed by atoms with van der Waals surface area (Å²) in [6, 6.07) is 15.2. The van der Waals surface area contributed by atoms with E-state index in [1.165, 1.54) is 11.3 Å². The van der Waals surface area contributed by atoms with Crippen LogP contribution in [0.4, 0.5) is 5.13 Å². The summed E-state index contributed by atoms with van der Waals surface area (Å²) in [6.45, 7) is 0. The highest BCUT2D eigenvalue weighted by molar-refractivity contribution is 7.15. The molecule has 122 valence electrons. The summed E-state index contributed by atoms with van der Waals surface area (Å²) in [4.78, 5) is 17.3. The smallest absolute Gasteiger partial charge is 0.230 e. The van der Waals surface area contributed by atoms with E-state index in [1.807, 2.05) is 42.5 Å². The second kappa shape index (κ2) is 7.79. The van der Waals surface area contributed by atoms with Crippen molar-refractivity contribution in [1.82, 2.24) is 4.98 Å². The third kappa shape index (κ3) is 4.35. The third-order valence-corrected chi connectivity index (χ3v) is 5.17. The van der Waals surface area contributed by atoms with E-state index < -0.39 is 0 Å². The van der Waals surface area contributed by atoms with E-state index in [2.05, 4.69) is 10.3 Å². The van der Waals surface area contributed by atoms with E-state index in [-0.39, 0.29) is 5.91 Å². The zero-order valence-electron chi connectivity index (χ0n) is 12.6. The van der Waals surface area contributed by atoms with Crippen LogP contribution in [0.1, 0.15) is 16.0 Å². The van der Waals surface area contributed by atoms with Gasteiger partial charge in [-0.15, -0.1) is 11.3 Å². The van der Waals surface area contributed by atoms with Crippen molar-refractivity contribution in [2.24, 2.45) is 0 Å². The molecular weight excluding hydrogens is 363 g/mol. The molecule has 24 heavy (non-hydrogen) atoms. The topological polar surface area (TPSA) is 42.0 Å². The Kier molecular flexibility index (Phi) is 5.51. The molecule has 0 aliphatic heterocycles. The van der Waals surface area contributed by atoms with Gasteiger partial charge in [0, 0.05) is 17.5 Å². The molecular formula is C18H14Cl2N2OS. The summed E-state index contributed by atoms with van der Waals surface area (Å²) in [7, 11) is 0. The van der Waals surface area contributed by atoms with Crippen molar-refractivity contribution < 1.29 is 4.79 Å². The molecule has 1 amide bonds. The van der Waals surface area contributed by atoms with Gasteiger partial charge in [0.05, 0.1) is 16.5 Å². The van der Waals surface area contributed by atoms with Crippen LogP contribution in [0.3, 0.4) is 0 Å². The van der Waals surface area contributed by atoms with Crippen LogP contribution in [-0.4, -0.2) is 10.9 Å². The van der Waals surface area contributed by atoms with Gasteiger partial charge in [-0.2, -0.15) is 0 Å². The van der Waals surface area contributed by atoms with Gasteiger partial charge in [0.2, 0.25) is 5.91 Å². The fourth-order valence-electron chi connectivity index (χ4n) is 2.26. The van der Waals surface area contributed by atoms with Gasteiger partial charge >= 0.3 is 0 Å². The molecule has 0 saturated heterocycles. The molecule has 0 unspecified atom stereocenters. The molecule has 2 aromatic carbocycles. The zero-order chi connectivity index (χ0) is 16.9. The number of halogens is 2. The summed E-state index contributed by atoms with van der Waals surface area (Å²) in [5.41, 5.74) is 1.91. The maximum Gasteiger partial charge on any atom is 0.230 e. The molecule has 3 nitrogen and oxygen atoms in total. The number of nitrogens with zero attached hydrogens (tertiary/aromatic N) is 1. The predicted octanol–water partition coefficient (Wildman–Crippen LogP) is 5.22. The van der Waals surface area contributed by atoms with Crippen molar-refractivity contribution in [3.8, 4) is 0 Å². The van der Waals surface area contributed by atoms with E-state index in [1.54, 1.807) is 12.3 Å². The first kappa shape index (κ1) is 17.0. The van der Waals surface area contributed by atoms with Gasteiger partial charge in [-0.05, 0) is 17.2 Å². The van der Waals surface area contributed by atoms with Crippen molar-refractivity contribution >= 4 is 45.6 Å². The number of rotatable bonds is 5. The molecule has 0 fully saturated rings. The van der Waals surface area contributed by atoms with Crippen molar-refractivity contribution in [2.75, 3.05) is 5.32 Å². The number of carbonyl (C=O) groups excluding carboxylic acids is 1. The normalized spacial score (nSPS) is 10.6. The SMILES string of the molecule is O=C(Cc1ccccc1)Nc1ncc(Cc2cccc(Cl)c2Cl)s1. The fraction of sp³-hybridized carbons (Fsp3) is 0.111. The minimum Gasteiger partial charge on any atom is -0.302 e. The number of nitrogens with one attached hydrogen (secondary N) is 1. The van der Waals surface area contributed by atoms with Gasteiger partial charge in [0.1, 0.15) is 0 Å². The van der Waals surface area contributed by atoms with Crippen LogP contribution < -0.4 is 5.32 Å². The Balaban J connectivity index is 1.63. The van der Waals surface area contributed by atoms with E-state index in [9.17, 15) is 4.79 Å². The van der Waals surface area contributed by atoms with Crippen molar-refractivity contribution in [3.05, 3.63) is 80.8 Å². The molecule has 0 spiro atoms. The van der Waals surface area contributed by atoms with Gasteiger partial charge in [-0.3, -0.25) is 4.79 Å². The average molecular weight is 377 g/mol. The first-order chi connectivity index (χ1) is 11.6. The highest BCUT2D eigenvalue weighted by Crippen LogP contribution is 2.29. The van der Waals surface area contributed by atoms with E-state index in [0.717, 1.165) is 16.0 Å². The second-order valence-electron chi connectivity index (χ2n) is 5.23. The van der Waals surface area contributed by atoms with E-state index >= 15 is 0 Å². The lowest BCUT2D eigenvalue weighted by molar-refractivity contribution is -0.115. The zero-order valence-corrected chi connectivity index (χ0v) is 15.0. The Morgan fingerprint density at radius 1 is 1.08 bits per heavy atom. The van der Waals surface area contributed by atoms with Crippen LogP contribution in [-0.2, 0) is 17.6 Å². The van der Waals surface area contributed by atoms with Crippen LogP contribution in [0.5, 0.6) is 0 Å². The number of benzene rings is 2. The Morgan fingerprint density at radius 3 is 2.67 bits per heavy atom. The number of hydrogen-bond acceptors (Lipinski definition) is 3. The van der Waals surface area contributed by atoms with Crippen LogP contribution in [0.15, 0.2) is 54.7 Å². The molecule has 1 N–H and O–H groups in total. The van der Waals surface area contributed by atoms with Gasteiger partial charge in [-0.25, -0.2) is 4.98 Å². The van der Waals surface area contributed by atoms with Gasteiger partial charge < -0.3 is 5.32 Å². The lowest BCUT2D eigenvalue weighted by Crippen LogP contribution is -2.13. The van der Waals surface area contributed by atoms with Crippen molar-refractivity contribution in [3.63, 3.8) is 0 Å². The van der Waals surface area contributed by atoms with Crippen molar-refractivity contribution in [2.45, 2.75) is 12.8 Å². The molecule has 3 rings (SSSR count). The predicted molar refractivity (Wildman–Crippen MR) is 100 cm³/mol. The Morgan fingerprint density at radius 2 is 1.88 bits per heavy atom. The quantitative estimate of drug-likeness (QED) is 0.662.